The van der Waals surface area contributed by atoms with E-state index in [9.17, 15) is 4.39 Å². The van der Waals surface area contributed by atoms with Crippen LogP contribution < -0.4 is 10.5 Å². The third kappa shape index (κ3) is 1.98. The molecule has 0 amide bonds. The fraction of sp³-hybridized carbons (Fsp3) is 0.133. The Kier molecular flexibility index (Phi) is 3.13. The largest absolute Gasteiger partial charge is 0.462 e. The third-order valence-electron chi connectivity index (χ3n) is 3.47. The van der Waals surface area contributed by atoms with Crippen LogP contribution in [0.2, 0.25) is 0 Å². The highest BCUT2D eigenvalue weighted by Crippen LogP contribution is 2.49. The van der Waals surface area contributed by atoms with Crippen molar-refractivity contribution in [2.24, 2.45) is 10.7 Å². The molecule has 0 aromatic heterocycles. The number of nitrogens with zero attached hydrogens (tertiary/aromatic N) is 1. The van der Waals surface area contributed by atoms with Gasteiger partial charge in [0.05, 0.1) is 0 Å². The van der Waals surface area contributed by atoms with E-state index >= 15 is 0 Å². The molecule has 108 valence electrons. The molecule has 21 heavy (non-hydrogen) atoms. The molecule has 1 aromatic rings. The maximum Gasteiger partial charge on any atom is 0.283 e. The number of fused-ring (bicyclic) bond motifs is 2. The Labute approximate surface area is 129 Å². The van der Waals surface area contributed by atoms with E-state index in [4.69, 9.17) is 15.2 Å². The first-order valence-corrected chi connectivity index (χ1v) is 6.95. The Morgan fingerprint density at radius 1 is 1.52 bits per heavy atom. The normalized spacial score (nSPS) is 23.2. The van der Waals surface area contributed by atoms with Gasteiger partial charge in [0.15, 0.2) is 17.1 Å². The molecule has 2 aliphatic rings. The average molecular weight is 351 g/mol. The number of rotatable bonds is 2. The van der Waals surface area contributed by atoms with Gasteiger partial charge in [0, 0.05) is 15.6 Å². The molecule has 2 aliphatic heterocycles. The average Bonchev–Trinajstić information content (AvgIpc) is 2.82. The van der Waals surface area contributed by atoms with Crippen molar-refractivity contribution in [1.82, 2.24) is 0 Å². The van der Waals surface area contributed by atoms with Gasteiger partial charge in [-0.15, -0.1) is 0 Å². The summed E-state index contributed by atoms with van der Waals surface area (Å²) in [6.07, 6.45) is 1.50. The zero-order valence-electron chi connectivity index (χ0n) is 11.0. The van der Waals surface area contributed by atoms with Crippen LogP contribution in [0.1, 0.15) is 5.56 Å². The minimum Gasteiger partial charge on any atom is -0.462 e. The summed E-state index contributed by atoms with van der Waals surface area (Å²) >= 11 is 3.41. The molecule has 0 aliphatic carbocycles. The summed E-state index contributed by atoms with van der Waals surface area (Å²) in [5, 5.41) is 0. The molecule has 6 heteroatoms. The monoisotopic (exact) mass is 350 g/mol. The standard InChI is InChI=1S/C15H12BrFN2O2/c1-3-10-13(8(2)17)21-12-5-4-9(16)6-11(12)15(10)7-20-14(18)19-15/h3-6H,1-2,7H2,(H2,18,19). The molecule has 1 unspecified atom stereocenters. The quantitative estimate of drug-likeness (QED) is 0.890. The second-order valence-electron chi connectivity index (χ2n) is 4.69. The van der Waals surface area contributed by atoms with Crippen LogP contribution in [0.3, 0.4) is 0 Å². The van der Waals surface area contributed by atoms with Gasteiger partial charge in [0.25, 0.3) is 6.02 Å². The van der Waals surface area contributed by atoms with Gasteiger partial charge in [-0.05, 0) is 18.2 Å². The zero-order chi connectivity index (χ0) is 15.2. The Morgan fingerprint density at radius 2 is 2.29 bits per heavy atom. The summed E-state index contributed by atoms with van der Waals surface area (Å²) in [7, 11) is 0. The first kappa shape index (κ1) is 13.9. The fourth-order valence-electron chi connectivity index (χ4n) is 2.58. The van der Waals surface area contributed by atoms with Crippen molar-refractivity contribution >= 4 is 22.0 Å². The predicted molar refractivity (Wildman–Crippen MR) is 81.5 cm³/mol. The van der Waals surface area contributed by atoms with Gasteiger partial charge in [-0.2, -0.15) is 0 Å². The van der Waals surface area contributed by atoms with Crippen molar-refractivity contribution in [2.75, 3.05) is 6.61 Å². The minimum absolute atomic E-state index is 0.00173. The van der Waals surface area contributed by atoms with Crippen molar-refractivity contribution < 1.29 is 13.9 Å². The fourth-order valence-corrected chi connectivity index (χ4v) is 2.94. The van der Waals surface area contributed by atoms with Gasteiger partial charge in [-0.1, -0.05) is 35.2 Å². The van der Waals surface area contributed by atoms with E-state index in [0.29, 0.717) is 11.3 Å². The van der Waals surface area contributed by atoms with Crippen molar-refractivity contribution in [1.29, 1.82) is 0 Å². The summed E-state index contributed by atoms with van der Waals surface area (Å²) in [4.78, 5) is 4.38. The summed E-state index contributed by atoms with van der Waals surface area (Å²) in [5.74, 6) is -0.208. The van der Waals surface area contributed by atoms with Gasteiger partial charge in [0.1, 0.15) is 12.4 Å². The highest BCUT2D eigenvalue weighted by Gasteiger charge is 2.48. The Bertz CT molecular complexity index is 726. The number of allylic oxidation sites excluding steroid dienone is 1. The zero-order valence-corrected chi connectivity index (χ0v) is 12.6. The maximum atomic E-state index is 13.8. The first-order valence-electron chi connectivity index (χ1n) is 6.16. The number of nitrogens with two attached hydrogens (primary N) is 1. The van der Waals surface area contributed by atoms with Gasteiger partial charge >= 0.3 is 0 Å². The van der Waals surface area contributed by atoms with Crippen molar-refractivity contribution in [2.45, 2.75) is 5.54 Å². The van der Waals surface area contributed by atoms with E-state index in [1.54, 1.807) is 12.1 Å². The molecular formula is C15H12BrFN2O2. The SMILES string of the molecule is C=CC1=C(C(=C)F)Oc2ccc(Br)cc2C12COC(N)=N2. The number of hydrogen-bond donors (Lipinski definition) is 1. The van der Waals surface area contributed by atoms with Crippen LogP contribution >= 0.6 is 15.9 Å². The summed E-state index contributed by atoms with van der Waals surface area (Å²) in [5.41, 5.74) is 5.89. The molecule has 2 N–H and O–H groups in total. The van der Waals surface area contributed by atoms with Gasteiger partial charge in [-0.25, -0.2) is 9.38 Å². The van der Waals surface area contributed by atoms with E-state index < -0.39 is 11.4 Å². The molecule has 1 aromatic carbocycles. The van der Waals surface area contributed by atoms with Crippen LogP contribution in [-0.4, -0.2) is 12.6 Å². The van der Waals surface area contributed by atoms with Crippen LogP contribution in [0, 0.1) is 0 Å². The van der Waals surface area contributed by atoms with Crippen LogP contribution in [-0.2, 0) is 10.3 Å². The van der Waals surface area contributed by atoms with Crippen LogP contribution in [0.25, 0.3) is 0 Å². The second-order valence-corrected chi connectivity index (χ2v) is 5.61. The molecule has 0 radical (unpaired) electrons. The summed E-state index contributed by atoms with van der Waals surface area (Å²) in [6, 6.07) is 5.43. The molecule has 0 saturated carbocycles. The van der Waals surface area contributed by atoms with Gasteiger partial charge < -0.3 is 15.2 Å². The van der Waals surface area contributed by atoms with Gasteiger partial charge in [0.2, 0.25) is 0 Å². The topological polar surface area (TPSA) is 56.8 Å². The lowest BCUT2D eigenvalue weighted by Crippen LogP contribution is -2.33. The van der Waals surface area contributed by atoms with E-state index in [0.717, 1.165) is 10.0 Å². The van der Waals surface area contributed by atoms with Crippen molar-refractivity contribution in [3.05, 3.63) is 64.6 Å². The predicted octanol–water partition coefficient (Wildman–Crippen LogP) is 3.31. The minimum atomic E-state index is -0.965. The van der Waals surface area contributed by atoms with E-state index in [1.165, 1.54) is 6.08 Å². The summed E-state index contributed by atoms with van der Waals surface area (Å²) in [6.45, 7) is 7.20. The van der Waals surface area contributed by atoms with Crippen LogP contribution in [0.15, 0.2) is 64.1 Å². The van der Waals surface area contributed by atoms with E-state index in [1.807, 2.05) is 6.07 Å². The van der Waals surface area contributed by atoms with Crippen molar-refractivity contribution in [3.8, 4) is 5.75 Å². The molecule has 0 saturated heterocycles. The van der Waals surface area contributed by atoms with Gasteiger partial charge in [-0.3, -0.25) is 0 Å². The highest BCUT2D eigenvalue weighted by molar-refractivity contribution is 9.10. The molecule has 1 spiro atoms. The highest BCUT2D eigenvalue weighted by atomic mass is 79.9. The maximum absolute atomic E-state index is 13.8. The number of aliphatic imine (C=N–C) groups is 1. The molecular weight excluding hydrogens is 339 g/mol. The van der Waals surface area contributed by atoms with E-state index in [2.05, 4.69) is 34.1 Å². The Hall–Kier alpha value is -2.08. The number of hydrogen-bond acceptors (Lipinski definition) is 4. The van der Waals surface area contributed by atoms with E-state index in [-0.39, 0.29) is 18.4 Å². The summed E-state index contributed by atoms with van der Waals surface area (Å²) < 4.78 is 25.6. The molecule has 0 fully saturated rings. The van der Waals surface area contributed by atoms with Crippen molar-refractivity contribution in [3.63, 3.8) is 0 Å². The lowest BCUT2D eigenvalue weighted by atomic mass is 9.81. The number of halogens is 2. The number of benzene rings is 1. The molecule has 1 atom stereocenters. The third-order valence-corrected chi connectivity index (χ3v) is 3.96. The van der Waals surface area contributed by atoms with Crippen LogP contribution in [0.5, 0.6) is 5.75 Å². The smallest absolute Gasteiger partial charge is 0.283 e. The van der Waals surface area contributed by atoms with Crippen LogP contribution in [0.4, 0.5) is 4.39 Å². The first-order chi connectivity index (χ1) is 9.98. The molecule has 3 rings (SSSR count). The Balaban J connectivity index is 2.34. The lowest BCUT2D eigenvalue weighted by molar-refractivity contribution is 0.256. The lowest BCUT2D eigenvalue weighted by Gasteiger charge is -2.33. The molecule has 2 heterocycles. The number of amidine groups is 1. The molecule has 0 bridgehead atoms. The number of ether oxygens (including phenoxy) is 2. The Morgan fingerprint density at radius 3 is 2.86 bits per heavy atom. The second kappa shape index (κ2) is 4.73. The molecule has 4 nitrogen and oxygen atoms in total.